The SMILES string of the molecule is CNc1nc2c(cc1C(N)=S)CCC2. The van der Waals surface area contributed by atoms with Crippen LogP contribution in [-0.4, -0.2) is 17.0 Å². The summed E-state index contributed by atoms with van der Waals surface area (Å²) in [6, 6.07) is 2.07. The van der Waals surface area contributed by atoms with E-state index in [1.54, 1.807) is 0 Å². The first-order chi connectivity index (χ1) is 6.72. The quantitative estimate of drug-likeness (QED) is 0.717. The molecule has 1 aliphatic rings. The second kappa shape index (κ2) is 3.53. The van der Waals surface area contributed by atoms with Gasteiger partial charge in [-0.05, 0) is 30.9 Å². The molecule has 0 atom stereocenters. The highest BCUT2D eigenvalue weighted by Gasteiger charge is 2.16. The second-order valence-corrected chi connectivity index (χ2v) is 3.90. The van der Waals surface area contributed by atoms with Crippen LogP contribution in [0.5, 0.6) is 0 Å². The molecule has 0 amide bonds. The molecule has 1 aromatic heterocycles. The van der Waals surface area contributed by atoms with Crippen LogP contribution in [0, 0.1) is 0 Å². The van der Waals surface area contributed by atoms with Gasteiger partial charge in [-0.25, -0.2) is 4.98 Å². The van der Waals surface area contributed by atoms with E-state index in [0.29, 0.717) is 4.99 Å². The Balaban J connectivity index is 2.54. The highest BCUT2D eigenvalue weighted by molar-refractivity contribution is 7.80. The van der Waals surface area contributed by atoms with Crippen molar-refractivity contribution in [3.63, 3.8) is 0 Å². The highest BCUT2D eigenvalue weighted by Crippen LogP contribution is 2.24. The molecule has 0 unspecified atom stereocenters. The van der Waals surface area contributed by atoms with E-state index in [-0.39, 0.29) is 0 Å². The molecule has 14 heavy (non-hydrogen) atoms. The first-order valence-electron chi connectivity index (χ1n) is 4.72. The number of fused-ring (bicyclic) bond motifs is 1. The van der Waals surface area contributed by atoms with Crippen LogP contribution in [0.25, 0.3) is 0 Å². The first-order valence-corrected chi connectivity index (χ1v) is 5.13. The predicted octanol–water partition coefficient (Wildman–Crippen LogP) is 1.25. The van der Waals surface area contributed by atoms with Crippen LogP contribution in [0.4, 0.5) is 5.82 Å². The number of thiocarbonyl (C=S) groups is 1. The molecule has 0 fully saturated rings. The number of hydrogen-bond acceptors (Lipinski definition) is 3. The average Bonchev–Trinajstić information content (AvgIpc) is 2.62. The molecule has 3 N–H and O–H groups in total. The third kappa shape index (κ3) is 1.46. The first kappa shape index (κ1) is 9.40. The third-order valence-corrected chi connectivity index (χ3v) is 2.77. The van der Waals surface area contributed by atoms with Gasteiger partial charge in [-0.1, -0.05) is 12.2 Å². The largest absolute Gasteiger partial charge is 0.389 e. The molecule has 2 rings (SSSR count). The fourth-order valence-corrected chi connectivity index (χ4v) is 2.01. The van der Waals surface area contributed by atoms with Gasteiger partial charge in [-0.2, -0.15) is 0 Å². The lowest BCUT2D eigenvalue weighted by molar-refractivity contribution is 0.900. The number of rotatable bonds is 2. The minimum absolute atomic E-state index is 0.413. The van der Waals surface area contributed by atoms with Gasteiger partial charge in [0.05, 0.1) is 5.56 Å². The van der Waals surface area contributed by atoms with Crippen molar-refractivity contribution < 1.29 is 0 Å². The Morgan fingerprint density at radius 3 is 3.00 bits per heavy atom. The standard InChI is InChI=1S/C10H13N3S/c1-12-10-7(9(11)14)5-6-3-2-4-8(6)13-10/h5H,2-4H2,1H3,(H2,11,14)(H,12,13). The lowest BCUT2D eigenvalue weighted by atomic mass is 10.1. The van der Waals surface area contributed by atoms with Crippen LogP contribution in [0.3, 0.4) is 0 Å². The zero-order valence-corrected chi connectivity index (χ0v) is 8.95. The monoisotopic (exact) mass is 207 g/mol. The minimum atomic E-state index is 0.413. The lowest BCUT2D eigenvalue weighted by Gasteiger charge is -2.09. The van der Waals surface area contributed by atoms with Gasteiger partial charge in [-0.15, -0.1) is 0 Å². The van der Waals surface area contributed by atoms with Crippen molar-refractivity contribution in [3.8, 4) is 0 Å². The van der Waals surface area contributed by atoms with Crippen molar-refractivity contribution >= 4 is 23.0 Å². The van der Waals surface area contributed by atoms with Gasteiger partial charge in [0.15, 0.2) is 0 Å². The number of nitrogens with two attached hydrogens (primary N) is 1. The molecule has 1 aromatic rings. The maximum atomic E-state index is 5.64. The van der Waals surface area contributed by atoms with Crippen molar-refractivity contribution in [1.29, 1.82) is 0 Å². The Labute approximate surface area is 88.7 Å². The smallest absolute Gasteiger partial charge is 0.136 e. The van der Waals surface area contributed by atoms with Crippen molar-refractivity contribution in [2.45, 2.75) is 19.3 Å². The van der Waals surface area contributed by atoms with Crippen LogP contribution in [0.2, 0.25) is 0 Å². The fourth-order valence-electron chi connectivity index (χ4n) is 1.85. The van der Waals surface area contributed by atoms with E-state index in [4.69, 9.17) is 18.0 Å². The van der Waals surface area contributed by atoms with E-state index in [1.807, 2.05) is 7.05 Å². The summed E-state index contributed by atoms with van der Waals surface area (Å²) in [7, 11) is 1.84. The van der Waals surface area contributed by atoms with E-state index in [0.717, 1.165) is 24.2 Å². The van der Waals surface area contributed by atoms with E-state index in [9.17, 15) is 0 Å². The van der Waals surface area contributed by atoms with Gasteiger partial charge >= 0.3 is 0 Å². The summed E-state index contributed by atoms with van der Waals surface area (Å²) in [5, 5.41) is 3.03. The van der Waals surface area contributed by atoms with Gasteiger partial charge in [0.1, 0.15) is 10.8 Å². The Bertz CT molecular complexity index is 387. The Hall–Kier alpha value is -1.16. The average molecular weight is 207 g/mol. The molecule has 74 valence electrons. The Morgan fingerprint density at radius 1 is 1.57 bits per heavy atom. The summed E-state index contributed by atoms with van der Waals surface area (Å²) in [5.41, 5.74) is 8.99. The third-order valence-electron chi connectivity index (χ3n) is 2.55. The molecule has 0 saturated carbocycles. The normalized spacial score (nSPS) is 13.8. The number of anilines is 1. The number of nitrogens with zero attached hydrogens (tertiary/aromatic N) is 1. The molecule has 1 aliphatic carbocycles. The maximum absolute atomic E-state index is 5.64. The maximum Gasteiger partial charge on any atom is 0.136 e. The molecule has 0 bridgehead atoms. The van der Waals surface area contributed by atoms with Crippen molar-refractivity contribution in [3.05, 3.63) is 22.9 Å². The number of hydrogen-bond donors (Lipinski definition) is 2. The van der Waals surface area contributed by atoms with Crippen LogP contribution in [0.1, 0.15) is 23.2 Å². The van der Waals surface area contributed by atoms with Crippen molar-refractivity contribution in [1.82, 2.24) is 4.98 Å². The number of pyridine rings is 1. The van der Waals surface area contributed by atoms with Crippen LogP contribution in [-0.2, 0) is 12.8 Å². The summed E-state index contributed by atoms with van der Waals surface area (Å²) in [5.74, 6) is 0.804. The van der Waals surface area contributed by atoms with Gasteiger partial charge in [0.2, 0.25) is 0 Å². The summed E-state index contributed by atoms with van der Waals surface area (Å²) >= 11 is 4.98. The number of aryl methyl sites for hydroxylation is 2. The fraction of sp³-hybridized carbons (Fsp3) is 0.400. The summed E-state index contributed by atoms with van der Waals surface area (Å²) in [4.78, 5) is 4.93. The molecular weight excluding hydrogens is 194 g/mol. The Kier molecular flexibility index (Phi) is 2.37. The molecule has 0 aliphatic heterocycles. The minimum Gasteiger partial charge on any atom is -0.389 e. The van der Waals surface area contributed by atoms with Gasteiger partial charge in [0, 0.05) is 12.7 Å². The van der Waals surface area contributed by atoms with Gasteiger partial charge in [0.25, 0.3) is 0 Å². The number of nitrogens with one attached hydrogen (secondary N) is 1. The van der Waals surface area contributed by atoms with E-state index in [2.05, 4.69) is 16.4 Å². The van der Waals surface area contributed by atoms with Crippen molar-refractivity contribution in [2.24, 2.45) is 5.73 Å². The molecule has 3 nitrogen and oxygen atoms in total. The molecule has 0 aromatic carbocycles. The second-order valence-electron chi connectivity index (χ2n) is 3.46. The molecular formula is C10H13N3S. The van der Waals surface area contributed by atoms with E-state index in [1.165, 1.54) is 17.7 Å². The predicted molar refractivity (Wildman–Crippen MR) is 61.7 cm³/mol. The molecule has 0 radical (unpaired) electrons. The molecule has 0 saturated heterocycles. The van der Waals surface area contributed by atoms with Gasteiger partial charge in [-0.3, -0.25) is 0 Å². The lowest BCUT2D eigenvalue weighted by Crippen LogP contribution is -2.14. The summed E-state index contributed by atoms with van der Waals surface area (Å²) < 4.78 is 0. The van der Waals surface area contributed by atoms with Crippen LogP contribution >= 0.6 is 12.2 Å². The highest BCUT2D eigenvalue weighted by atomic mass is 32.1. The van der Waals surface area contributed by atoms with E-state index >= 15 is 0 Å². The Morgan fingerprint density at radius 2 is 2.36 bits per heavy atom. The topological polar surface area (TPSA) is 50.9 Å². The van der Waals surface area contributed by atoms with Crippen LogP contribution in [0.15, 0.2) is 6.07 Å². The molecule has 0 spiro atoms. The molecule has 1 heterocycles. The number of aromatic nitrogens is 1. The summed E-state index contributed by atoms with van der Waals surface area (Å²) in [6.07, 6.45) is 3.36. The van der Waals surface area contributed by atoms with Crippen LogP contribution < -0.4 is 11.1 Å². The zero-order valence-electron chi connectivity index (χ0n) is 8.13. The van der Waals surface area contributed by atoms with Crippen molar-refractivity contribution in [2.75, 3.05) is 12.4 Å². The van der Waals surface area contributed by atoms with E-state index < -0.39 is 0 Å². The summed E-state index contributed by atoms with van der Waals surface area (Å²) in [6.45, 7) is 0. The zero-order chi connectivity index (χ0) is 10.1. The van der Waals surface area contributed by atoms with Gasteiger partial charge < -0.3 is 11.1 Å². The molecule has 4 heteroatoms.